The van der Waals surface area contributed by atoms with Gasteiger partial charge in [0, 0.05) is 43.4 Å². The van der Waals surface area contributed by atoms with E-state index in [9.17, 15) is 14.7 Å². The number of aromatic nitrogens is 1. The Morgan fingerprint density at radius 1 is 1.09 bits per heavy atom. The molecule has 1 amide bonds. The lowest BCUT2D eigenvalue weighted by Crippen LogP contribution is -2.32. The number of Topliss-reactive ketones (excluding diaryl/α,β-unsaturated/α-hetero) is 1. The summed E-state index contributed by atoms with van der Waals surface area (Å²) in [6.07, 6.45) is 1.85. The van der Waals surface area contributed by atoms with E-state index in [-0.39, 0.29) is 45.8 Å². The van der Waals surface area contributed by atoms with Gasteiger partial charge in [-0.15, -0.1) is 0 Å². The molecule has 10 heteroatoms. The van der Waals surface area contributed by atoms with Crippen LogP contribution in [-0.4, -0.2) is 60.7 Å². The summed E-state index contributed by atoms with van der Waals surface area (Å²) >= 11 is 12.7. The van der Waals surface area contributed by atoms with Gasteiger partial charge >= 0.3 is 0 Å². The zero-order valence-electron chi connectivity index (χ0n) is 19.6. The van der Waals surface area contributed by atoms with Gasteiger partial charge in [-0.3, -0.25) is 9.59 Å². The molecule has 0 aliphatic carbocycles. The summed E-state index contributed by atoms with van der Waals surface area (Å²) < 4.78 is 17.7. The Labute approximate surface area is 212 Å². The molecule has 0 bridgehead atoms. The molecular weight excluding hydrogens is 495 g/mol. The smallest absolute Gasteiger partial charge is 0.295 e. The lowest BCUT2D eigenvalue weighted by Gasteiger charge is -2.25. The predicted octanol–water partition coefficient (Wildman–Crippen LogP) is 4.57. The van der Waals surface area contributed by atoms with Crippen molar-refractivity contribution in [3.63, 3.8) is 0 Å². The summed E-state index contributed by atoms with van der Waals surface area (Å²) in [6, 6.07) is 8.14. The Morgan fingerprint density at radius 2 is 1.77 bits per heavy atom. The van der Waals surface area contributed by atoms with Crippen LogP contribution in [0.3, 0.4) is 0 Å². The van der Waals surface area contributed by atoms with Crippen molar-refractivity contribution in [1.29, 1.82) is 0 Å². The van der Waals surface area contributed by atoms with Crippen LogP contribution in [0, 0.1) is 0 Å². The summed E-state index contributed by atoms with van der Waals surface area (Å²) in [7, 11) is 6.15. The quantitative estimate of drug-likeness (QED) is 0.280. The van der Waals surface area contributed by atoms with E-state index >= 15 is 0 Å². The Morgan fingerprint density at radius 3 is 2.43 bits per heavy atom. The second-order valence-electron chi connectivity index (χ2n) is 7.98. The van der Waals surface area contributed by atoms with Gasteiger partial charge in [0.25, 0.3) is 11.7 Å². The first-order chi connectivity index (χ1) is 16.8. The van der Waals surface area contributed by atoms with E-state index in [1.807, 2.05) is 42.1 Å². The van der Waals surface area contributed by atoms with Crippen LogP contribution in [0.4, 0.5) is 0 Å². The maximum atomic E-state index is 13.3. The molecule has 1 unspecified atom stereocenters. The number of benzene rings is 2. The number of para-hydroxylation sites is 1. The number of methoxy groups -OCH3 is 3. The van der Waals surface area contributed by atoms with Crippen LogP contribution in [0.5, 0.6) is 11.5 Å². The SMILES string of the molecule is COCCN1C(=O)C(=O)/C(=C(/O)c2cc(Cl)c(OC)c(Cl)c2OC)C1c1cn(C)c2ccccc12. The van der Waals surface area contributed by atoms with Crippen LogP contribution in [-0.2, 0) is 21.4 Å². The normalized spacial score (nSPS) is 17.4. The number of carbonyl (C=O) groups excluding carboxylic acids is 2. The van der Waals surface area contributed by atoms with Gasteiger partial charge in [0.2, 0.25) is 0 Å². The highest BCUT2D eigenvalue weighted by atomic mass is 35.5. The summed E-state index contributed by atoms with van der Waals surface area (Å²) in [6.45, 7) is 0.352. The maximum absolute atomic E-state index is 13.3. The van der Waals surface area contributed by atoms with E-state index in [0.717, 1.165) is 10.9 Å². The summed E-state index contributed by atoms with van der Waals surface area (Å²) in [5.41, 5.74) is 1.56. The molecule has 1 aliphatic rings. The van der Waals surface area contributed by atoms with Crippen LogP contribution < -0.4 is 9.47 Å². The minimum atomic E-state index is -0.874. The molecule has 1 N–H and O–H groups in total. The third-order valence-electron chi connectivity index (χ3n) is 6.09. The molecule has 1 saturated heterocycles. The molecule has 35 heavy (non-hydrogen) atoms. The molecule has 1 fully saturated rings. The van der Waals surface area contributed by atoms with Crippen LogP contribution in [0.2, 0.25) is 10.0 Å². The number of nitrogens with zero attached hydrogens (tertiary/aromatic N) is 2. The lowest BCUT2D eigenvalue weighted by atomic mass is 9.94. The lowest BCUT2D eigenvalue weighted by molar-refractivity contribution is -0.140. The molecule has 2 heterocycles. The van der Waals surface area contributed by atoms with Gasteiger partial charge in [0.05, 0.1) is 43.0 Å². The number of fused-ring (bicyclic) bond motifs is 1. The number of hydrogen-bond donors (Lipinski definition) is 1. The first kappa shape index (κ1) is 24.9. The second-order valence-corrected chi connectivity index (χ2v) is 8.77. The number of rotatable bonds is 7. The average Bonchev–Trinajstić information content (AvgIpc) is 3.30. The third-order valence-corrected chi connectivity index (χ3v) is 6.72. The first-order valence-corrected chi connectivity index (χ1v) is 11.4. The highest BCUT2D eigenvalue weighted by molar-refractivity contribution is 6.47. The van der Waals surface area contributed by atoms with Gasteiger partial charge in [-0.2, -0.15) is 0 Å². The summed E-state index contributed by atoms with van der Waals surface area (Å²) in [5, 5.41) is 12.5. The van der Waals surface area contributed by atoms with Crippen LogP contribution in [0.1, 0.15) is 17.2 Å². The second kappa shape index (κ2) is 9.81. The summed E-state index contributed by atoms with van der Waals surface area (Å²) in [4.78, 5) is 27.9. The van der Waals surface area contributed by atoms with Crippen molar-refractivity contribution in [2.75, 3.05) is 34.5 Å². The van der Waals surface area contributed by atoms with Crippen LogP contribution in [0.15, 0.2) is 42.1 Å². The molecule has 184 valence electrons. The molecule has 4 rings (SSSR count). The predicted molar refractivity (Wildman–Crippen MR) is 133 cm³/mol. The number of ether oxygens (including phenoxy) is 3. The highest BCUT2D eigenvalue weighted by Crippen LogP contribution is 2.48. The largest absolute Gasteiger partial charge is 0.507 e. The highest BCUT2D eigenvalue weighted by Gasteiger charge is 2.47. The molecule has 1 atom stereocenters. The number of amides is 1. The fraction of sp³-hybridized carbons (Fsp3) is 0.280. The zero-order chi connectivity index (χ0) is 25.4. The minimum Gasteiger partial charge on any atom is -0.507 e. The van der Waals surface area contributed by atoms with Crippen molar-refractivity contribution in [1.82, 2.24) is 9.47 Å². The number of aryl methyl sites for hydroxylation is 1. The maximum Gasteiger partial charge on any atom is 0.295 e. The Hall–Kier alpha value is -3.20. The first-order valence-electron chi connectivity index (χ1n) is 10.7. The molecule has 0 saturated carbocycles. The molecule has 2 aromatic carbocycles. The number of aliphatic hydroxyl groups is 1. The van der Waals surface area contributed by atoms with Crippen LogP contribution in [0.25, 0.3) is 16.7 Å². The number of likely N-dealkylation sites (tertiary alicyclic amines) is 1. The number of halogens is 2. The van der Waals surface area contributed by atoms with Crippen molar-refractivity contribution in [2.24, 2.45) is 7.05 Å². The molecule has 3 aromatic rings. The van der Waals surface area contributed by atoms with Gasteiger partial charge in [-0.1, -0.05) is 41.4 Å². The van der Waals surface area contributed by atoms with E-state index in [2.05, 4.69) is 0 Å². The summed E-state index contributed by atoms with van der Waals surface area (Å²) in [5.74, 6) is -1.81. The zero-order valence-corrected chi connectivity index (χ0v) is 21.1. The van der Waals surface area contributed by atoms with Crippen molar-refractivity contribution in [2.45, 2.75) is 6.04 Å². The van der Waals surface area contributed by atoms with E-state index < -0.39 is 23.5 Å². The average molecular weight is 519 g/mol. The molecule has 0 radical (unpaired) electrons. The van der Waals surface area contributed by atoms with E-state index in [1.54, 1.807) is 0 Å². The van der Waals surface area contributed by atoms with Crippen LogP contribution >= 0.6 is 23.2 Å². The Bertz CT molecular complexity index is 1360. The molecule has 1 aliphatic heterocycles. The van der Waals surface area contributed by atoms with Gasteiger partial charge in [0.15, 0.2) is 11.5 Å². The third kappa shape index (κ3) is 4.01. The Balaban J connectivity index is 2.02. The monoisotopic (exact) mass is 518 g/mol. The fourth-order valence-corrected chi connectivity index (χ4v) is 5.19. The molecular formula is C25H24Cl2N2O6. The topological polar surface area (TPSA) is 90.2 Å². The minimum absolute atomic E-state index is 0.0272. The molecule has 1 aromatic heterocycles. The van der Waals surface area contributed by atoms with E-state index in [4.69, 9.17) is 37.4 Å². The van der Waals surface area contributed by atoms with Gasteiger partial charge in [0.1, 0.15) is 10.8 Å². The van der Waals surface area contributed by atoms with E-state index in [0.29, 0.717) is 5.56 Å². The van der Waals surface area contributed by atoms with Crippen molar-refractivity contribution >= 4 is 51.6 Å². The molecule has 8 nitrogen and oxygen atoms in total. The molecule has 0 spiro atoms. The van der Waals surface area contributed by atoms with Gasteiger partial charge < -0.3 is 28.8 Å². The van der Waals surface area contributed by atoms with Gasteiger partial charge in [-0.05, 0) is 12.1 Å². The standard InChI is InChI=1S/C25H24Cl2N2O6/c1-28-12-15(13-7-5-6-8-17(13)28)20-18(22(31)25(32)29(20)9-10-33-2)21(30)14-11-16(26)24(35-4)19(27)23(14)34-3/h5-8,11-12,20,30H,9-10H2,1-4H3/b21-18+. The van der Waals surface area contributed by atoms with Crippen molar-refractivity contribution in [3.05, 3.63) is 63.3 Å². The number of ketones is 1. The van der Waals surface area contributed by atoms with Crippen molar-refractivity contribution < 1.29 is 28.9 Å². The van der Waals surface area contributed by atoms with Gasteiger partial charge in [-0.25, -0.2) is 0 Å². The fourth-order valence-electron chi connectivity index (χ4n) is 4.51. The number of hydrogen-bond acceptors (Lipinski definition) is 6. The Kier molecular flexibility index (Phi) is 6.98. The van der Waals surface area contributed by atoms with Crippen molar-refractivity contribution in [3.8, 4) is 11.5 Å². The number of carbonyl (C=O) groups is 2. The number of aliphatic hydroxyl groups excluding tert-OH is 1. The van der Waals surface area contributed by atoms with E-state index in [1.165, 1.54) is 32.3 Å².